The van der Waals surface area contributed by atoms with Crippen LogP contribution in [0.2, 0.25) is 0 Å². The topological polar surface area (TPSA) is 84.2 Å². The van der Waals surface area contributed by atoms with Crippen LogP contribution >= 0.6 is 0 Å². The Bertz CT molecular complexity index is 404. The van der Waals surface area contributed by atoms with E-state index in [0.717, 1.165) is 13.0 Å². The van der Waals surface area contributed by atoms with Crippen LogP contribution in [0.1, 0.15) is 23.7 Å². The van der Waals surface area contributed by atoms with Crippen molar-refractivity contribution in [3.63, 3.8) is 0 Å². The third-order valence-corrected chi connectivity index (χ3v) is 2.14. The molecule has 0 unspecified atom stereocenters. The molecule has 0 aliphatic rings. The number of rotatable bonds is 6. The molecule has 17 heavy (non-hydrogen) atoms. The van der Waals surface area contributed by atoms with Gasteiger partial charge in [0, 0.05) is 11.3 Å². The summed E-state index contributed by atoms with van der Waals surface area (Å²) in [5.41, 5.74) is 6.10. The molecule has 0 radical (unpaired) electrons. The normalized spacial score (nSPS) is 9.94. The first-order valence-electron chi connectivity index (χ1n) is 5.54. The molecule has 0 aliphatic heterocycles. The Hall–Kier alpha value is -1.88. The molecule has 0 fully saturated rings. The first-order chi connectivity index (χ1) is 8.13. The van der Waals surface area contributed by atoms with E-state index < -0.39 is 5.91 Å². The molecule has 92 valence electrons. The number of nitrogens with two attached hydrogens (primary N) is 1. The molecule has 0 heterocycles. The molecule has 0 spiro atoms. The van der Waals surface area contributed by atoms with Crippen molar-refractivity contribution in [1.82, 2.24) is 5.32 Å². The average molecular weight is 235 g/mol. The van der Waals surface area contributed by atoms with Crippen LogP contribution in [0, 0.1) is 0 Å². The highest BCUT2D eigenvalue weighted by molar-refractivity contribution is 5.96. The van der Waals surface area contributed by atoms with Gasteiger partial charge in [-0.3, -0.25) is 9.59 Å². The maximum Gasteiger partial charge on any atom is 0.248 e. The summed E-state index contributed by atoms with van der Waals surface area (Å²) in [6.45, 7) is 3.09. The maximum atomic E-state index is 11.5. The Morgan fingerprint density at radius 3 is 2.76 bits per heavy atom. The molecule has 0 bridgehead atoms. The standard InChI is InChI=1S/C12H17N3O2/c1-2-6-14-8-11(16)15-10-5-3-4-9(7-10)12(13)17/h3-5,7,14H,2,6,8H2,1H3,(H2,13,17)(H,15,16). The van der Waals surface area contributed by atoms with Crippen molar-refractivity contribution >= 4 is 17.5 Å². The van der Waals surface area contributed by atoms with E-state index in [0.29, 0.717) is 11.3 Å². The number of nitrogens with one attached hydrogen (secondary N) is 2. The van der Waals surface area contributed by atoms with Crippen molar-refractivity contribution in [2.75, 3.05) is 18.4 Å². The maximum absolute atomic E-state index is 11.5. The Morgan fingerprint density at radius 1 is 1.35 bits per heavy atom. The summed E-state index contributed by atoms with van der Waals surface area (Å²) in [6, 6.07) is 6.55. The highest BCUT2D eigenvalue weighted by Crippen LogP contribution is 2.09. The summed E-state index contributed by atoms with van der Waals surface area (Å²) in [6.07, 6.45) is 0.977. The number of carbonyl (C=O) groups excluding carboxylic acids is 2. The molecule has 2 amide bonds. The van der Waals surface area contributed by atoms with Crippen molar-refractivity contribution in [2.24, 2.45) is 5.73 Å². The van der Waals surface area contributed by atoms with Gasteiger partial charge in [0.25, 0.3) is 0 Å². The Labute approximate surface area is 100 Å². The summed E-state index contributed by atoms with van der Waals surface area (Å²) in [4.78, 5) is 22.4. The molecular formula is C12H17N3O2. The smallest absolute Gasteiger partial charge is 0.248 e. The van der Waals surface area contributed by atoms with Crippen LogP contribution in [-0.2, 0) is 4.79 Å². The van der Waals surface area contributed by atoms with Crippen molar-refractivity contribution in [2.45, 2.75) is 13.3 Å². The minimum absolute atomic E-state index is 0.139. The molecule has 1 aromatic carbocycles. The van der Waals surface area contributed by atoms with Gasteiger partial charge in [-0.15, -0.1) is 0 Å². The lowest BCUT2D eigenvalue weighted by Gasteiger charge is -2.06. The highest BCUT2D eigenvalue weighted by Gasteiger charge is 2.04. The van der Waals surface area contributed by atoms with Crippen LogP contribution in [0.5, 0.6) is 0 Å². The van der Waals surface area contributed by atoms with Gasteiger partial charge in [-0.2, -0.15) is 0 Å². The van der Waals surface area contributed by atoms with Gasteiger partial charge in [0.15, 0.2) is 0 Å². The van der Waals surface area contributed by atoms with E-state index in [1.54, 1.807) is 24.3 Å². The van der Waals surface area contributed by atoms with Crippen LogP contribution in [-0.4, -0.2) is 24.9 Å². The monoisotopic (exact) mass is 235 g/mol. The molecule has 0 aromatic heterocycles. The number of amides is 2. The van der Waals surface area contributed by atoms with Gasteiger partial charge in [-0.1, -0.05) is 13.0 Å². The first-order valence-corrected chi connectivity index (χ1v) is 5.54. The van der Waals surface area contributed by atoms with Crippen LogP contribution in [0.4, 0.5) is 5.69 Å². The molecule has 5 heteroatoms. The van der Waals surface area contributed by atoms with Crippen LogP contribution in [0.25, 0.3) is 0 Å². The fraction of sp³-hybridized carbons (Fsp3) is 0.333. The Balaban J connectivity index is 2.53. The van der Waals surface area contributed by atoms with E-state index in [9.17, 15) is 9.59 Å². The third-order valence-electron chi connectivity index (χ3n) is 2.14. The highest BCUT2D eigenvalue weighted by atomic mass is 16.2. The van der Waals surface area contributed by atoms with Gasteiger partial charge in [0.05, 0.1) is 6.54 Å². The van der Waals surface area contributed by atoms with Crippen molar-refractivity contribution in [1.29, 1.82) is 0 Å². The van der Waals surface area contributed by atoms with Gasteiger partial charge in [-0.25, -0.2) is 0 Å². The van der Waals surface area contributed by atoms with Gasteiger partial charge in [0.1, 0.15) is 0 Å². The minimum atomic E-state index is -0.509. The lowest BCUT2D eigenvalue weighted by Crippen LogP contribution is -2.28. The fourth-order valence-electron chi connectivity index (χ4n) is 1.33. The zero-order chi connectivity index (χ0) is 12.7. The van der Waals surface area contributed by atoms with E-state index in [-0.39, 0.29) is 12.5 Å². The lowest BCUT2D eigenvalue weighted by atomic mass is 10.2. The van der Waals surface area contributed by atoms with Crippen LogP contribution < -0.4 is 16.4 Å². The molecule has 0 aliphatic carbocycles. The van der Waals surface area contributed by atoms with E-state index >= 15 is 0 Å². The number of benzene rings is 1. The number of anilines is 1. The number of hydrogen-bond acceptors (Lipinski definition) is 3. The summed E-state index contributed by atoms with van der Waals surface area (Å²) in [7, 11) is 0. The number of primary amides is 1. The molecule has 5 nitrogen and oxygen atoms in total. The van der Waals surface area contributed by atoms with Crippen molar-refractivity contribution in [3.8, 4) is 0 Å². The Kier molecular flexibility index (Phi) is 5.16. The Morgan fingerprint density at radius 2 is 2.12 bits per heavy atom. The van der Waals surface area contributed by atoms with E-state index in [1.807, 2.05) is 6.92 Å². The average Bonchev–Trinajstić information content (AvgIpc) is 2.29. The van der Waals surface area contributed by atoms with Gasteiger partial charge < -0.3 is 16.4 Å². The van der Waals surface area contributed by atoms with Crippen molar-refractivity contribution in [3.05, 3.63) is 29.8 Å². The molecule has 0 atom stereocenters. The summed E-state index contributed by atoms with van der Waals surface area (Å²) >= 11 is 0. The summed E-state index contributed by atoms with van der Waals surface area (Å²) in [5.74, 6) is -0.648. The van der Waals surface area contributed by atoms with E-state index in [4.69, 9.17) is 5.73 Å². The summed E-state index contributed by atoms with van der Waals surface area (Å²) < 4.78 is 0. The third kappa shape index (κ3) is 4.65. The second-order valence-electron chi connectivity index (χ2n) is 3.67. The quantitative estimate of drug-likeness (QED) is 0.635. The molecular weight excluding hydrogens is 218 g/mol. The van der Waals surface area contributed by atoms with Gasteiger partial charge >= 0.3 is 0 Å². The molecule has 1 aromatic rings. The van der Waals surface area contributed by atoms with Gasteiger partial charge in [-0.05, 0) is 31.2 Å². The molecule has 4 N–H and O–H groups in total. The predicted molar refractivity (Wildman–Crippen MR) is 66.8 cm³/mol. The second-order valence-corrected chi connectivity index (χ2v) is 3.67. The molecule has 1 rings (SSSR count). The SMILES string of the molecule is CCCNCC(=O)Nc1cccc(C(N)=O)c1. The first kappa shape index (κ1) is 13.2. The lowest BCUT2D eigenvalue weighted by molar-refractivity contribution is -0.115. The van der Waals surface area contributed by atoms with Crippen LogP contribution in [0.15, 0.2) is 24.3 Å². The fourth-order valence-corrected chi connectivity index (χ4v) is 1.33. The second kappa shape index (κ2) is 6.65. The van der Waals surface area contributed by atoms with Crippen LogP contribution in [0.3, 0.4) is 0 Å². The zero-order valence-electron chi connectivity index (χ0n) is 9.82. The number of hydrogen-bond donors (Lipinski definition) is 3. The predicted octanol–water partition coefficient (Wildman–Crippen LogP) is 0.724. The largest absolute Gasteiger partial charge is 0.366 e. The van der Waals surface area contributed by atoms with Crippen molar-refractivity contribution < 1.29 is 9.59 Å². The molecule has 0 saturated carbocycles. The van der Waals surface area contributed by atoms with E-state index in [1.165, 1.54) is 0 Å². The van der Waals surface area contributed by atoms with Gasteiger partial charge in [0.2, 0.25) is 11.8 Å². The zero-order valence-corrected chi connectivity index (χ0v) is 9.82. The minimum Gasteiger partial charge on any atom is -0.366 e. The molecule has 0 saturated heterocycles. The number of carbonyl (C=O) groups is 2. The summed E-state index contributed by atoms with van der Waals surface area (Å²) in [5, 5.41) is 5.68. The van der Waals surface area contributed by atoms with E-state index in [2.05, 4.69) is 10.6 Å².